The molecule has 0 aliphatic heterocycles. The molecule has 0 radical (unpaired) electrons. The van der Waals surface area contributed by atoms with Crippen LogP contribution in [0.5, 0.6) is 0 Å². The Morgan fingerprint density at radius 3 is 2.14 bits per heavy atom. The first kappa shape index (κ1) is 24.5. The van der Waals surface area contributed by atoms with E-state index >= 15 is 0 Å². The second kappa shape index (κ2) is 16.1. The van der Waals surface area contributed by atoms with E-state index in [-0.39, 0.29) is 17.9 Å². The van der Waals surface area contributed by atoms with Crippen molar-refractivity contribution < 1.29 is 17.1 Å². The van der Waals surface area contributed by atoms with Crippen molar-refractivity contribution in [2.75, 3.05) is 13.3 Å². The Morgan fingerprint density at radius 2 is 1.55 bits per heavy atom. The molecule has 0 bridgehead atoms. The van der Waals surface area contributed by atoms with Crippen LogP contribution in [0.3, 0.4) is 0 Å². The van der Waals surface area contributed by atoms with E-state index in [1.165, 1.54) is 64.2 Å². The number of rotatable bonds is 15. The normalized spacial score (nSPS) is 13.0. The van der Waals surface area contributed by atoms with E-state index in [2.05, 4.69) is 39.9 Å². The van der Waals surface area contributed by atoms with E-state index in [0.717, 1.165) is 12.5 Å². The fraction of sp³-hybridized carbons (Fsp3) is 1.00. The van der Waals surface area contributed by atoms with E-state index in [0.29, 0.717) is 6.73 Å². The van der Waals surface area contributed by atoms with Gasteiger partial charge in [-0.3, -0.25) is 5.32 Å². The zero-order valence-electron chi connectivity index (χ0n) is 15.8. The van der Waals surface area contributed by atoms with Crippen LogP contribution in [0.1, 0.15) is 98.8 Å². The number of hydrogen-bond donors (Lipinski definition) is 1. The lowest BCUT2D eigenvalue weighted by molar-refractivity contribution is -0.00000752. The van der Waals surface area contributed by atoms with Crippen molar-refractivity contribution in [3.8, 4) is 0 Å². The van der Waals surface area contributed by atoms with E-state index in [1.807, 2.05) is 0 Å². The number of ether oxygens (including phenoxy) is 1. The Balaban J connectivity index is 0. The molecule has 3 heteroatoms. The Hall–Kier alpha value is 0.210. The molecule has 0 aliphatic rings. The first-order valence-electron chi connectivity index (χ1n) is 9.38. The molecule has 0 saturated carbocycles. The molecule has 0 fully saturated rings. The van der Waals surface area contributed by atoms with Gasteiger partial charge in [-0.1, -0.05) is 72.1 Å². The van der Waals surface area contributed by atoms with Gasteiger partial charge in [-0.15, -0.1) is 0 Å². The van der Waals surface area contributed by atoms with Crippen molar-refractivity contribution in [3.05, 3.63) is 0 Å². The van der Waals surface area contributed by atoms with Gasteiger partial charge < -0.3 is 17.1 Å². The van der Waals surface area contributed by atoms with Crippen molar-refractivity contribution in [1.29, 1.82) is 0 Å². The summed E-state index contributed by atoms with van der Waals surface area (Å²) >= 11 is 0. The van der Waals surface area contributed by atoms with E-state index < -0.39 is 0 Å². The fourth-order valence-corrected chi connectivity index (χ4v) is 2.63. The van der Waals surface area contributed by atoms with Gasteiger partial charge in [0.15, 0.2) is 0 Å². The maximum atomic E-state index is 5.85. The largest absolute Gasteiger partial charge is 1.00 e. The molecule has 0 aromatic heterocycles. The number of halogens is 1. The van der Waals surface area contributed by atoms with Crippen molar-refractivity contribution in [2.45, 2.75) is 104 Å². The summed E-state index contributed by atoms with van der Waals surface area (Å²) in [5.74, 6) is 0.740. The number of hydrogen-bond acceptors (Lipinski definition) is 2. The second-order valence-electron chi connectivity index (χ2n) is 7.16. The molecule has 0 aliphatic carbocycles. The SMILES string of the molecule is CCCCCCCC(C)(C)NCOCC(CC)CCCC.[Cl-]. The van der Waals surface area contributed by atoms with Crippen LogP contribution in [0.4, 0.5) is 0 Å². The molecule has 0 amide bonds. The first-order valence-corrected chi connectivity index (χ1v) is 9.38. The topological polar surface area (TPSA) is 21.3 Å². The summed E-state index contributed by atoms with van der Waals surface area (Å²) in [7, 11) is 0. The molecule has 136 valence electrons. The summed E-state index contributed by atoms with van der Waals surface area (Å²) in [6.07, 6.45) is 13.2. The third-order valence-electron chi connectivity index (χ3n) is 4.45. The number of nitrogens with one attached hydrogen (secondary N) is 1. The summed E-state index contributed by atoms with van der Waals surface area (Å²) in [6.45, 7) is 13.0. The summed E-state index contributed by atoms with van der Waals surface area (Å²) in [4.78, 5) is 0. The van der Waals surface area contributed by atoms with Crippen LogP contribution >= 0.6 is 0 Å². The molecule has 1 atom stereocenters. The minimum Gasteiger partial charge on any atom is -1.00 e. The highest BCUT2D eigenvalue weighted by Crippen LogP contribution is 2.16. The summed E-state index contributed by atoms with van der Waals surface area (Å²) in [5, 5.41) is 3.56. The minimum absolute atomic E-state index is 0. The van der Waals surface area contributed by atoms with E-state index in [1.54, 1.807) is 0 Å². The molecular formula is C19H41ClNO-. The van der Waals surface area contributed by atoms with Gasteiger partial charge in [-0.05, 0) is 32.6 Å². The Labute approximate surface area is 146 Å². The van der Waals surface area contributed by atoms with Crippen LogP contribution in [-0.4, -0.2) is 18.9 Å². The molecule has 0 aromatic rings. The second-order valence-corrected chi connectivity index (χ2v) is 7.16. The van der Waals surface area contributed by atoms with Gasteiger partial charge in [-0.2, -0.15) is 0 Å². The van der Waals surface area contributed by atoms with Crippen molar-refractivity contribution >= 4 is 0 Å². The molecule has 1 N–H and O–H groups in total. The van der Waals surface area contributed by atoms with Crippen molar-refractivity contribution in [3.63, 3.8) is 0 Å². The first-order chi connectivity index (χ1) is 10.1. The zero-order valence-corrected chi connectivity index (χ0v) is 16.6. The molecule has 2 nitrogen and oxygen atoms in total. The van der Waals surface area contributed by atoms with Crippen LogP contribution in [0.25, 0.3) is 0 Å². The zero-order chi connectivity index (χ0) is 16.0. The molecule has 0 rings (SSSR count). The monoisotopic (exact) mass is 334 g/mol. The molecular weight excluding hydrogens is 294 g/mol. The van der Waals surface area contributed by atoms with Crippen LogP contribution in [0.2, 0.25) is 0 Å². The third kappa shape index (κ3) is 15.1. The van der Waals surface area contributed by atoms with E-state index in [4.69, 9.17) is 4.74 Å². The average molecular weight is 335 g/mol. The Morgan fingerprint density at radius 1 is 0.909 bits per heavy atom. The predicted octanol–water partition coefficient (Wildman–Crippen LogP) is 2.91. The highest BCUT2D eigenvalue weighted by Gasteiger charge is 2.16. The average Bonchev–Trinajstić information content (AvgIpc) is 2.46. The van der Waals surface area contributed by atoms with Gasteiger partial charge >= 0.3 is 0 Å². The standard InChI is InChI=1S/C19H41NO.ClH/c1-6-9-11-12-13-15-19(4,5)20-17-21-16-18(8-3)14-10-7-2;/h18,20H,6-17H2,1-5H3;1H/p-1. The molecule has 1 unspecified atom stereocenters. The van der Waals surface area contributed by atoms with Crippen LogP contribution in [-0.2, 0) is 4.74 Å². The van der Waals surface area contributed by atoms with Crippen LogP contribution in [0.15, 0.2) is 0 Å². The van der Waals surface area contributed by atoms with E-state index in [9.17, 15) is 0 Å². The molecule has 22 heavy (non-hydrogen) atoms. The van der Waals surface area contributed by atoms with Gasteiger partial charge in [0, 0.05) is 5.54 Å². The third-order valence-corrected chi connectivity index (χ3v) is 4.45. The minimum atomic E-state index is 0. The molecule has 0 saturated heterocycles. The van der Waals surface area contributed by atoms with Crippen LogP contribution in [0, 0.1) is 5.92 Å². The van der Waals surface area contributed by atoms with Crippen LogP contribution < -0.4 is 17.7 Å². The maximum Gasteiger partial charge on any atom is 0.0969 e. The quantitative estimate of drug-likeness (QED) is 0.367. The molecule has 0 heterocycles. The van der Waals surface area contributed by atoms with Gasteiger partial charge in [0.25, 0.3) is 0 Å². The Kier molecular flexibility index (Phi) is 17.9. The molecule has 0 aromatic carbocycles. The lowest BCUT2D eigenvalue weighted by atomic mass is 9.96. The summed E-state index contributed by atoms with van der Waals surface area (Å²) in [5.41, 5.74) is 0.206. The van der Waals surface area contributed by atoms with Gasteiger partial charge in [-0.25, -0.2) is 0 Å². The summed E-state index contributed by atoms with van der Waals surface area (Å²) in [6, 6.07) is 0. The molecule has 0 spiro atoms. The smallest absolute Gasteiger partial charge is 0.0969 e. The van der Waals surface area contributed by atoms with Gasteiger partial charge in [0.05, 0.1) is 13.3 Å². The number of unbranched alkanes of at least 4 members (excludes halogenated alkanes) is 5. The van der Waals surface area contributed by atoms with Crippen molar-refractivity contribution in [1.82, 2.24) is 5.32 Å². The predicted molar refractivity (Wildman–Crippen MR) is 94.7 cm³/mol. The fourth-order valence-electron chi connectivity index (χ4n) is 2.63. The summed E-state index contributed by atoms with van der Waals surface area (Å²) < 4.78 is 5.85. The van der Waals surface area contributed by atoms with Gasteiger partial charge in [0.1, 0.15) is 0 Å². The highest BCUT2D eigenvalue weighted by molar-refractivity contribution is 4.75. The lowest BCUT2D eigenvalue weighted by Crippen LogP contribution is -3.00. The van der Waals surface area contributed by atoms with Gasteiger partial charge in [0.2, 0.25) is 0 Å². The van der Waals surface area contributed by atoms with Crippen molar-refractivity contribution in [2.24, 2.45) is 5.92 Å². The lowest BCUT2D eigenvalue weighted by Gasteiger charge is -2.27. The highest BCUT2D eigenvalue weighted by atomic mass is 35.5. The maximum absolute atomic E-state index is 5.85. The Bertz CT molecular complexity index is 221.